The standard InChI is InChI=1S/C13H19Cl2NS.C6H4/c1-10(7-16(2)3)8-17-9-11-4-5-12(14)6-13(11)15;1-2-6-4-3-5(1)6/h4-6,10H,7-9H2,1-3H3;1-4H. The fourth-order valence-corrected chi connectivity index (χ4v) is 4.00. The maximum atomic E-state index is 6.12. The summed E-state index contributed by atoms with van der Waals surface area (Å²) in [5.74, 6) is 2.80. The molecule has 2 aliphatic carbocycles. The Morgan fingerprint density at radius 3 is 2.04 bits per heavy atom. The number of thioether (sulfide) groups is 1. The zero-order valence-corrected chi connectivity index (χ0v) is 16.2. The lowest BCUT2D eigenvalue weighted by Crippen LogP contribution is -2.21. The summed E-state index contributed by atoms with van der Waals surface area (Å²) < 4.78 is 0. The average Bonchev–Trinajstić information content (AvgIpc) is 2.45. The van der Waals surface area contributed by atoms with E-state index in [2.05, 4.69) is 50.2 Å². The molecule has 1 atom stereocenters. The molecule has 0 N–H and O–H groups in total. The molecule has 1 aromatic rings. The van der Waals surface area contributed by atoms with Crippen LogP contribution in [0.4, 0.5) is 0 Å². The van der Waals surface area contributed by atoms with Crippen LogP contribution in [0.3, 0.4) is 0 Å². The second-order valence-corrected chi connectivity index (χ2v) is 8.07. The lowest BCUT2D eigenvalue weighted by atomic mass is 10.1. The highest BCUT2D eigenvalue weighted by atomic mass is 35.5. The van der Waals surface area contributed by atoms with Crippen LogP contribution >= 0.6 is 35.0 Å². The van der Waals surface area contributed by atoms with E-state index in [1.54, 1.807) is 0 Å². The molecule has 1 unspecified atom stereocenters. The minimum absolute atomic E-state index is 0.695. The number of benzene rings is 2. The van der Waals surface area contributed by atoms with E-state index in [0.717, 1.165) is 28.6 Å². The van der Waals surface area contributed by atoms with Gasteiger partial charge in [-0.15, -0.1) is 0 Å². The monoisotopic (exact) mass is 367 g/mol. The Bertz CT molecular complexity index is 680. The van der Waals surface area contributed by atoms with Gasteiger partial charge in [-0.25, -0.2) is 0 Å². The van der Waals surface area contributed by atoms with Crippen molar-refractivity contribution in [1.82, 2.24) is 4.90 Å². The molecule has 0 spiro atoms. The third-order valence-electron chi connectivity index (χ3n) is 3.57. The van der Waals surface area contributed by atoms with Crippen molar-refractivity contribution in [3.63, 3.8) is 0 Å². The number of hydrogen-bond donors (Lipinski definition) is 0. The largest absolute Gasteiger partial charge is 0.309 e. The van der Waals surface area contributed by atoms with Gasteiger partial charge < -0.3 is 4.90 Å². The van der Waals surface area contributed by atoms with Crippen LogP contribution in [0.2, 0.25) is 10.0 Å². The molecule has 0 heterocycles. The van der Waals surface area contributed by atoms with Crippen molar-refractivity contribution in [2.45, 2.75) is 12.7 Å². The van der Waals surface area contributed by atoms with Crippen LogP contribution < -0.4 is 0 Å². The second kappa shape index (κ2) is 8.98. The highest BCUT2D eigenvalue weighted by Gasteiger charge is 2.06. The van der Waals surface area contributed by atoms with Crippen molar-refractivity contribution >= 4 is 35.0 Å². The zero-order chi connectivity index (χ0) is 16.8. The first-order valence-electron chi connectivity index (χ1n) is 7.72. The van der Waals surface area contributed by atoms with Crippen molar-refractivity contribution in [3.05, 3.63) is 68.5 Å². The molecule has 1 aromatic carbocycles. The topological polar surface area (TPSA) is 3.24 Å². The fourth-order valence-electron chi connectivity index (χ4n) is 2.35. The van der Waals surface area contributed by atoms with Gasteiger partial charge in [-0.2, -0.15) is 11.8 Å². The Morgan fingerprint density at radius 1 is 1.00 bits per heavy atom. The van der Waals surface area contributed by atoms with Crippen molar-refractivity contribution < 1.29 is 0 Å². The molecule has 4 heteroatoms. The Kier molecular flexibility index (Phi) is 7.29. The Hall–Kier alpha value is -0.670. The van der Waals surface area contributed by atoms with E-state index in [0.29, 0.717) is 10.9 Å². The molecule has 3 rings (SSSR count). The van der Waals surface area contributed by atoms with Gasteiger partial charge in [-0.3, -0.25) is 0 Å². The SMILES string of the molecule is CC(CSCc1ccc(Cl)cc1Cl)CN(C)C.c1cc2ccc1=2. The third-order valence-corrected chi connectivity index (χ3v) is 5.48. The Labute approximate surface area is 153 Å². The Morgan fingerprint density at radius 2 is 1.61 bits per heavy atom. The fraction of sp³-hybridized carbons (Fsp3) is 0.368. The Balaban J connectivity index is 0.000000260. The van der Waals surface area contributed by atoms with Crippen LogP contribution in [0.5, 0.6) is 0 Å². The third kappa shape index (κ3) is 6.04. The molecule has 0 aromatic heterocycles. The maximum Gasteiger partial charge on any atom is 0.0461 e. The molecule has 0 amide bonds. The van der Waals surface area contributed by atoms with Gasteiger partial charge in [-0.05, 0) is 53.9 Å². The van der Waals surface area contributed by atoms with Crippen molar-refractivity contribution in [1.29, 1.82) is 0 Å². The zero-order valence-electron chi connectivity index (χ0n) is 13.9. The second-order valence-electron chi connectivity index (χ2n) is 6.20. The van der Waals surface area contributed by atoms with E-state index in [-0.39, 0.29) is 0 Å². The molecular formula is C19H23Cl2NS. The van der Waals surface area contributed by atoms with Crippen molar-refractivity contribution in [3.8, 4) is 0 Å². The summed E-state index contributed by atoms with van der Waals surface area (Å²) in [6.45, 7) is 3.40. The summed E-state index contributed by atoms with van der Waals surface area (Å²) in [6.07, 6.45) is 0. The predicted octanol–water partition coefficient (Wildman–Crippen LogP) is 5.71. The molecule has 0 saturated heterocycles. The normalized spacial score (nSPS) is 12.6. The molecule has 0 aliphatic heterocycles. The van der Waals surface area contributed by atoms with E-state index in [9.17, 15) is 0 Å². The first kappa shape index (κ1) is 18.7. The number of hydrogen-bond acceptors (Lipinski definition) is 2. The molecule has 0 radical (unpaired) electrons. The summed E-state index contributed by atoms with van der Waals surface area (Å²) >= 11 is 13.9. The number of rotatable bonds is 6. The van der Waals surface area contributed by atoms with Gasteiger partial charge in [0, 0.05) is 22.3 Å². The van der Waals surface area contributed by atoms with Gasteiger partial charge >= 0.3 is 0 Å². The minimum Gasteiger partial charge on any atom is -0.309 e. The molecule has 0 fully saturated rings. The molecule has 2 aliphatic rings. The van der Waals surface area contributed by atoms with Crippen LogP contribution in [-0.2, 0) is 5.75 Å². The maximum absolute atomic E-state index is 6.12. The molecule has 23 heavy (non-hydrogen) atoms. The van der Waals surface area contributed by atoms with Gasteiger partial charge in [0.25, 0.3) is 0 Å². The smallest absolute Gasteiger partial charge is 0.0461 e. The highest BCUT2D eigenvalue weighted by Crippen LogP contribution is 2.25. The lowest BCUT2D eigenvalue weighted by Gasteiger charge is -2.16. The van der Waals surface area contributed by atoms with E-state index >= 15 is 0 Å². The molecular weight excluding hydrogens is 345 g/mol. The number of halogens is 2. The summed E-state index contributed by atoms with van der Waals surface area (Å²) in [5, 5.41) is 4.32. The van der Waals surface area contributed by atoms with Crippen LogP contribution in [0.1, 0.15) is 12.5 Å². The van der Waals surface area contributed by atoms with Crippen LogP contribution in [0, 0.1) is 16.4 Å². The van der Waals surface area contributed by atoms with E-state index in [1.807, 2.05) is 30.0 Å². The summed E-state index contributed by atoms with van der Waals surface area (Å²) in [4.78, 5) is 2.22. The summed E-state index contributed by atoms with van der Waals surface area (Å²) in [6, 6.07) is 14.2. The van der Waals surface area contributed by atoms with E-state index in [1.165, 1.54) is 10.4 Å². The average molecular weight is 368 g/mol. The van der Waals surface area contributed by atoms with Gasteiger partial charge in [0.15, 0.2) is 0 Å². The van der Waals surface area contributed by atoms with E-state index < -0.39 is 0 Å². The first-order valence-corrected chi connectivity index (χ1v) is 9.63. The minimum atomic E-state index is 0.695. The van der Waals surface area contributed by atoms with Crippen molar-refractivity contribution in [2.75, 3.05) is 26.4 Å². The molecule has 0 saturated carbocycles. The summed E-state index contributed by atoms with van der Waals surface area (Å²) in [5.41, 5.74) is 1.16. The highest BCUT2D eigenvalue weighted by molar-refractivity contribution is 7.98. The van der Waals surface area contributed by atoms with E-state index in [4.69, 9.17) is 23.2 Å². The molecule has 1 nitrogen and oxygen atoms in total. The molecule has 124 valence electrons. The van der Waals surface area contributed by atoms with Gasteiger partial charge in [0.1, 0.15) is 0 Å². The first-order chi connectivity index (χ1) is 11.0. The van der Waals surface area contributed by atoms with Gasteiger partial charge in [-0.1, -0.05) is 60.5 Å². The quantitative estimate of drug-likeness (QED) is 0.548. The van der Waals surface area contributed by atoms with Crippen LogP contribution in [-0.4, -0.2) is 31.3 Å². The van der Waals surface area contributed by atoms with Crippen LogP contribution in [0.25, 0.3) is 0 Å². The van der Waals surface area contributed by atoms with Gasteiger partial charge in [0.2, 0.25) is 0 Å². The van der Waals surface area contributed by atoms with Crippen LogP contribution in [0.15, 0.2) is 42.5 Å². The predicted molar refractivity (Wildman–Crippen MR) is 104 cm³/mol. The summed E-state index contributed by atoms with van der Waals surface area (Å²) in [7, 11) is 4.22. The number of nitrogens with zero attached hydrogens (tertiary/aromatic N) is 1. The van der Waals surface area contributed by atoms with Crippen molar-refractivity contribution in [2.24, 2.45) is 5.92 Å². The van der Waals surface area contributed by atoms with Gasteiger partial charge in [0.05, 0.1) is 0 Å². The lowest BCUT2D eigenvalue weighted by molar-refractivity contribution is 0.357. The molecule has 0 bridgehead atoms.